The highest BCUT2D eigenvalue weighted by molar-refractivity contribution is 9.10. The zero-order valence-corrected chi connectivity index (χ0v) is 21.7. The first-order valence-corrected chi connectivity index (χ1v) is 12.6. The van der Waals surface area contributed by atoms with Crippen molar-refractivity contribution in [3.05, 3.63) is 34.4 Å². The summed E-state index contributed by atoms with van der Waals surface area (Å²) in [5, 5.41) is 10.9. The number of Topliss-reactive ketones (excluding diaryl/α,β-unsaturated/α-hetero) is 1. The number of amides is 1. The number of pyridine rings is 1. The van der Waals surface area contributed by atoms with Gasteiger partial charge in [-0.15, -0.1) is 0 Å². The second-order valence-electron chi connectivity index (χ2n) is 7.71. The third-order valence-electron chi connectivity index (χ3n) is 4.43. The average Bonchev–Trinajstić information content (AvgIpc) is 2.74. The lowest BCUT2D eigenvalue weighted by molar-refractivity contribution is -0.116. The number of nitrogens with zero attached hydrogens (tertiary/aromatic N) is 2. The molecule has 13 heteroatoms. The van der Waals surface area contributed by atoms with Crippen molar-refractivity contribution in [3.63, 3.8) is 0 Å². The van der Waals surface area contributed by atoms with E-state index >= 15 is 0 Å². The van der Waals surface area contributed by atoms with Crippen LogP contribution in [0.15, 0.2) is 28.9 Å². The summed E-state index contributed by atoms with van der Waals surface area (Å²) in [7, 11) is -5.34. The normalized spacial score (nSPS) is 12.2. The van der Waals surface area contributed by atoms with Crippen molar-refractivity contribution in [2.45, 2.75) is 52.4 Å². The van der Waals surface area contributed by atoms with E-state index in [2.05, 4.69) is 30.4 Å². The first-order valence-electron chi connectivity index (χ1n) is 10.5. The summed E-state index contributed by atoms with van der Waals surface area (Å²) in [5.41, 5.74) is 0.128. The molecule has 1 unspecified atom stereocenters. The van der Waals surface area contributed by atoms with Crippen LogP contribution in [0.5, 0.6) is 5.75 Å². The van der Waals surface area contributed by atoms with E-state index in [1.54, 1.807) is 12.1 Å². The molecule has 1 aromatic carbocycles. The Morgan fingerprint density at radius 1 is 1.34 bits per heavy atom. The Morgan fingerprint density at radius 3 is 2.54 bits per heavy atom. The molecule has 0 fully saturated rings. The van der Waals surface area contributed by atoms with Gasteiger partial charge in [-0.2, -0.15) is 13.7 Å². The van der Waals surface area contributed by atoms with E-state index < -0.39 is 34.0 Å². The van der Waals surface area contributed by atoms with Gasteiger partial charge in [0.05, 0.1) is 29.9 Å². The Hall–Kier alpha value is -2.72. The summed E-state index contributed by atoms with van der Waals surface area (Å²) in [4.78, 5) is 27.2. The Morgan fingerprint density at radius 2 is 2.00 bits per heavy atom. The van der Waals surface area contributed by atoms with Crippen LogP contribution in [-0.4, -0.2) is 37.6 Å². The number of aromatic nitrogens is 1. The number of unbranched alkanes of at least 4 members (excludes halogenated alkanes) is 1. The van der Waals surface area contributed by atoms with Crippen molar-refractivity contribution in [1.82, 2.24) is 10.3 Å². The molecular formula is C22H25BrF3N3O5S. The lowest BCUT2D eigenvalue weighted by atomic mass is 10.0. The number of hydrogen-bond donors (Lipinski definition) is 1. The molecule has 1 heterocycles. The van der Waals surface area contributed by atoms with Crippen LogP contribution in [0.25, 0.3) is 10.9 Å². The lowest BCUT2D eigenvalue weighted by Crippen LogP contribution is -2.29. The highest BCUT2D eigenvalue weighted by Gasteiger charge is 2.30. The molecule has 1 aromatic heterocycles. The zero-order valence-electron chi connectivity index (χ0n) is 19.3. The molecule has 1 N–H and O–H groups in total. The van der Waals surface area contributed by atoms with Crippen molar-refractivity contribution in [2.75, 3.05) is 6.54 Å². The number of fused-ring (bicyclic) bond motifs is 1. The maximum Gasteiger partial charge on any atom is 0.488 e. The van der Waals surface area contributed by atoms with Gasteiger partial charge in [-0.1, -0.05) is 33.2 Å². The lowest BCUT2D eigenvalue weighted by Gasteiger charge is -2.16. The first kappa shape index (κ1) is 30.3. The Bertz CT molecular complexity index is 1200. The SMILES string of the molecule is CC(=O)CNC(=O)c1c(OS(=O)(=O)F)cnc2ccc(Br)cc12.CCCCC(F)(F)CC(C)C#N. The van der Waals surface area contributed by atoms with E-state index in [1.165, 1.54) is 19.9 Å². The van der Waals surface area contributed by atoms with Crippen LogP contribution in [-0.2, 0) is 15.3 Å². The molecule has 2 rings (SSSR count). The van der Waals surface area contributed by atoms with E-state index in [1.807, 2.05) is 13.0 Å². The van der Waals surface area contributed by atoms with Gasteiger partial charge >= 0.3 is 10.5 Å². The maximum atomic E-state index is 12.9. The standard InChI is InChI=1S/C13H10BrFN2O5S.C9H15F2N/c1-7(18)5-17-13(19)12-9-4-8(14)2-3-10(9)16-6-11(12)22-23(15,20)21;1-3-4-5-9(10,11)6-8(2)7-12/h2-4,6H,5H2,1H3,(H,17,19);8H,3-6H2,1-2H3. The molecule has 1 amide bonds. The smallest absolute Gasteiger partial charge is 0.356 e. The summed E-state index contributed by atoms with van der Waals surface area (Å²) in [6.45, 7) is 4.41. The minimum absolute atomic E-state index is 0.0878. The van der Waals surface area contributed by atoms with E-state index in [-0.39, 0.29) is 36.1 Å². The molecule has 0 spiro atoms. The molecule has 0 radical (unpaired) electrons. The van der Waals surface area contributed by atoms with Crippen LogP contribution in [0, 0.1) is 17.2 Å². The van der Waals surface area contributed by atoms with Gasteiger partial charge in [0, 0.05) is 28.6 Å². The van der Waals surface area contributed by atoms with Crippen molar-refractivity contribution in [2.24, 2.45) is 5.92 Å². The second-order valence-corrected chi connectivity index (χ2v) is 9.58. The number of halogens is 4. The minimum atomic E-state index is -5.34. The van der Waals surface area contributed by atoms with E-state index in [9.17, 15) is 30.7 Å². The minimum Gasteiger partial charge on any atom is -0.356 e. The summed E-state index contributed by atoms with van der Waals surface area (Å²) in [5.74, 6) is -4.86. The topological polar surface area (TPSA) is 126 Å². The van der Waals surface area contributed by atoms with Crippen LogP contribution in [0.1, 0.15) is 56.8 Å². The summed E-state index contributed by atoms with van der Waals surface area (Å²) in [6, 6.07) is 6.56. The highest BCUT2D eigenvalue weighted by Crippen LogP contribution is 2.30. The van der Waals surface area contributed by atoms with E-state index in [4.69, 9.17) is 5.26 Å². The highest BCUT2D eigenvalue weighted by atomic mass is 79.9. The number of hydrogen-bond acceptors (Lipinski definition) is 7. The second kappa shape index (κ2) is 13.4. The summed E-state index contributed by atoms with van der Waals surface area (Å²) in [6.07, 6.45) is 1.84. The zero-order chi connectivity index (χ0) is 26.8. The molecule has 0 bridgehead atoms. The van der Waals surface area contributed by atoms with Crippen molar-refractivity contribution < 1.29 is 34.9 Å². The van der Waals surface area contributed by atoms with Crippen LogP contribution in [0.3, 0.4) is 0 Å². The largest absolute Gasteiger partial charge is 0.488 e. The summed E-state index contributed by atoms with van der Waals surface area (Å²) < 4.78 is 64.9. The van der Waals surface area contributed by atoms with Gasteiger partial charge in [-0.3, -0.25) is 14.6 Å². The molecule has 0 saturated carbocycles. The van der Waals surface area contributed by atoms with Gasteiger partial charge in [0.15, 0.2) is 5.75 Å². The van der Waals surface area contributed by atoms with Crippen molar-refractivity contribution in [1.29, 1.82) is 5.26 Å². The van der Waals surface area contributed by atoms with Crippen molar-refractivity contribution in [3.8, 4) is 11.8 Å². The molecule has 8 nitrogen and oxygen atoms in total. The first-order chi connectivity index (χ1) is 16.2. The molecule has 0 aliphatic rings. The average molecular weight is 580 g/mol. The predicted molar refractivity (Wildman–Crippen MR) is 127 cm³/mol. The predicted octanol–water partition coefficient (Wildman–Crippen LogP) is 5.27. The molecule has 0 aliphatic carbocycles. The molecule has 0 aliphatic heterocycles. The van der Waals surface area contributed by atoms with Gasteiger partial charge in [0.25, 0.3) is 5.91 Å². The van der Waals surface area contributed by atoms with Gasteiger partial charge < -0.3 is 9.50 Å². The molecule has 0 saturated heterocycles. The number of nitrogens with one attached hydrogen (secondary N) is 1. The Labute approximate surface area is 210 Å². The van der Waals surface area contributed by atoms with Gasteiger partial charge in [-0.25, -0.2) is 8.78 Å². The molecular weight excluding hydrogens is 555 g/mol. The molecule has 1 atom stereocenters. The number of benzene rings is 1. The maximum absolute atomic E-state index is 12.9. The number of carbonyl (C=O) groups is 2. The van der Waals surface area contributed by atoms with Crippen LogP contribution < -0.4 is 9.50 Å². The molecule has 35 heavy (non-hydrogen) atoms. The fraction of sp³-hybridized carbons (Fsp3) is 0.455. The van der Waals surface area contributed by atoms with Gasteiger partial charge in [-0.05, 0) is 38.5 Å². The van der Waals surface area contributed by atoms with Crippen molar-refractivity contribution >= 4 is 49.0 Å². The monoisotopic (exact) mass is 579 g/mol. The van der Waals surface area contributed by atoms with E-state index in [0.29, 0.717) is 16.4 Å². The summed E-state index contributed by atoms with van der Waals surface area (Å²) >= 11 is 3.22. The third kappa shape index (κ3) is 11.0. The van der Waals surface area contributed by atoms with Crippen LogP contribution in [0.2, 0.25) is 0 Å². The van der Waals surface area contributed by atoms with Crippen LogP contribution >= 0.6 is 15.9 Å². The number of ketones is 1. The number of alkyl halides is 2. The van der Waals surface area contributed by atoms with E-state index in [0.717, 1.165) is 12.6 Å². The molecule has 2 aromatic rings. The fourth-order valence-electron chi connectivity index (χ4n) is 2.88. The third-order valence-corrected chi connectivity index (χ3v) is 5.30. The van der Waals surface area contributed by atoms with Gasteiger partial charge in [0.1, 0.15) is 5.78 Å². The fourth-order valence-corrected chi connectivity index (χ4v) is 3.58. The van der Waals surface area contributed by atoms with Crippen LogP contribution in [0.4, 0.5) is 12.7 Å². The number of rotatable bonds is 10. The molecule has 192 valence electrons. The Kier molecular flexibility index (Phi) is 11.6. The number of carbonyl (C=O) groups excluding carboxylic acids is 2. The number of nitriles is 1. The Balaban J connectivity index is 0.000000434. The quantitative estimate of drug-likeness (QED) is 0.380. The van der Waals surface area contributed by atoms with Gasteiger partial charge in [0.2, 0.25) is 5.92 Å².